The highest BCUT2D eigenvalue weighted by molar-refractivity contribution is 5.96. The number of fused-ring (bicyclic) bond motifs is 5. The molecule has 1 aliphatic heterocycles. The molecule has 0 spiro atoms. The maximum Gasteiger partial charge on any atom is 0.317 e. The first-order valence-electron chi connectivity index (χ1n) is 13.9. The van der Waals surface area contributed by atoms with Crippen LogP contribution in [0.3, 0.4) is 0 Å². The topological polar surface area (TPSA) is 97.7 Å². The largest absolute Gasteiger partial charge is 0.396 e. The van der Waals surface area contributed by atoms with Crippen LogP contribution >= 0.6 is 0 Å². The lowest BCUT2D eigenvalue weighted by atomic mass is 9.45. The summed E-state index contributed by atoms with van der Waals surface area (Å²) in [7, 11) is 0. The van der Waals surface area contributed by atoms with Gasteiger partial charge in [0.2, 0.25) is 0 Å². The molecule has 6 fully saturated rings. The Kier molecular flexibility index (Phi) is 6.30. The van der Waals surface area contributed by atoms with Crippen LogP contribution in [-0.2, 0) is 23.9 Å². The monoisotopic (exact) mass is 486 g/mol. The number of hydrogen-bond acceptors (Lipinski definition) is 6. The van der Waals surface area contributed by atoms with Crippen molar-refractivity contribution in [1.82, 2.24) is 0 Å². The summed E-state index contributed by atoms with van der Waals surface area (Å²) in [6.07, 6.45) is 4.96. The highest BCUT2D eigenvalue weighted by Gasteiger charge is 2.64. The zero-order chi connectivity index (χ0) is 25.4. The van der Waals surface area contributed by atoms with Gasteiger partial charge in [0.25, 0.3) is 0 Å². The van der Waals surface area contributed by atoms with Gasteiger partial charge in [0, 0.05) is 30.3 Å². The number of Topliss-reactive ketones (excluding diaryl/α,β-unsaturated/α-hetero) is 2. The maximum atomic E-state index is 13.6. The molecule has 194 valence electrons. The minimum atomic E-state index is -0.432. The molecule has 0 aromatic carbocycles. The van der Waals surface area contributed by atoms with Crippen LogP contribution in [0.4, 0.5) is 0 Å². The van der Waals surface area contributed by atoms with Crippen molar-refractivity contribution in [3.8, 4) is 0 Å². The van der Waals surface area contributed by atoms with Crippen LogP contribution in [0.5, 0.6) is 0 Å². The molecule has 6 rings (SSSR count). The second kappa shape index (κ2) is 8.78. The zero-order valence-electron chi connectivity index (χ0n) is 21.9. The van der Waals surface area contributed by atoms with Gasteiger partial charge in [0.1, 0.15) is 11.6 Å². The van der Waals surface area contributed by atoms with Crippen molar-refractivity contribution in [2.45, 2.75) is 73.1 Å². The number of carbonyl (C=O) groups is 4. The second-order valence-electron chi connectivity index (χ2n) is 13.5. The molecule has 1 saturated heterocycles. The average Bonchev–Trinajstić information content (AvgIpc) is 3.44. The van der Waals surface area contributed by atoms with Crippen molar-refractivity contribution in [3.05, 3.63) is 0 Å². The third-order valence-electron chi connectivity index (χ3n) is 11.0. The van der Waals surface area contributed by atoms with E-state index >= 15 is 0 Å². The number of aliphatic hydroxyl groups excluding tert-OH is 1. The number of ether oxygens (including phenoxy) is 1. The first kappa shape index (κ1) is 25.1. The molecule has 35 heavy (non-hydrogen) atoms. The van der Waals surface area contributed by atoms with Crippen LogP contribution in [-0.4, -0.2) is 35.2 Å². The van der Waals surface area contributed by atoms with Crippen LogP contribution < -0.4 is 0 Å². The normalized spacial score (nSPS) is 46.8. The van der Waals surface area contributed by atoms with Gasteiger partial charge in [-0.3, -0.25) is 19.2 Å². The number of ketones is 2. The van der Waals surface area contributed by atoms with Gasteiger partial charge in [-0.2, -0.15) is 0 Å². The summed E-state index contributed by atoms with van der Waals surface area (Å²) < 4.78 is 5.14. The van der Waals surface area contributed by atoms with Gasteiger partial charge in [-0.05, 0) is 79.4 Å². The third kappa shape index (κ3) is 3.84. The lowest BCUT2D eigenvalue weighted by Crippen LogP contribution is -2.56. The third-order valence-corrected chi connectivity index (χ3v) is 11.0. The van der Waals surface area contributed by atoms with Crippen molar-refractivity contribution in [2.75, 3.05) is 6.61 Å². The molecule has 6 heteroatoms. The number of esters is 2. The summed E-state index contributed by atoms with van der Waals surface area (Å²) in [6.45, 7) is 10.0. The highest BCUT2D eigenvalue weighted by Crippen LogP contribution is 2.66. The van der Waals surface area contributed by atoms with Gasteiger partial charge in [0.15, 0.2) is 0 Å². The van der Waals surface area contributed by atoms with Gasteiger partial charge in [0.05, 0.1) is 11.8 Å². The van der Waals surface area contributed by atoms with Crippen LogP contribution in [0.2, 0.25) is 0 Å². The molecule has 0 amide bonds. The molecule has 12 atom stereocenters. The molecule has 6 nitrogen and oxygen atoms in total. The number of rotatable bonds is 6. The molecule has 0 aromatic rings. The quantitative estimate of drug-likeness (QED) is 0.449. The second-order valence-corrected chi connectivity index (χ2v) is 13.5. The molecule has 1 heterocycles. The van der Waals surface area contributed by atoms with Gasteiger partial charge in [-0.15, -0.1) is 0 Å². The van der Waals surface area contributed by atoms with Gasteiger partial charge >= 0.3 is 11.9 Å². The number of hydrogen-bond donors (Lipinski definition) is 1. The Labute approximate surface area is 208 Å². The van der Waals surface area contributed by atoms with E-state index in [4.69, 9.17) is 4.74 Å². The summed E-state index contributed by atoms with van der Waals surface area (Å²) in [5.41, 5.74) is -0.403. The Morgan fingerprint density at radius 2 is 1.57 bits per heavy atom. The van der Waals surface area contributed by atoms with Crippen LogP contribution in [0, 0.1) is 76.4 Å². The molecule has 5 saturated carbocycles. The average molecular weight is 487 g/mol. The van der Waals surface area contributed by atoms with E-state index in [1.54, 1.807) is 0 Å². The lowest BCUT2D eigenvalue weighted by Gasteiger charge is -2.58. The van der Waals surface area contributed by atoms with Crippen molar-refractivity contribution in [2.24, 2.45) is 76.4 Å². The van der Waals surface area contributed by atoms with E-state index in [0.717, 1.165) is 32.1 Å². The molecule has 0 aromatic heterocycles. The van der Waals surface area contributed by atoms with E-state index in [-0.39, 0.29) is 60.3 Å². The highest BCUT2D eigenvalue weighted by atomic mass is 16.6. The predicted molar refractivity (Wildman–Crippen MR) is 129 cm³/mol. The van der Waals surface area contributed by atoms with Crippen molar-refractivity contribution < 1.29 is 29.0 Å². The van der Waals surface area contributed by atoms with E-state index in [1.807, 2.05) is 27.7 Å². The Balaban J connectivity index is 1.51. The molecule has 0 radical (unpaired) electrons. The van der Waals surface area contributed by atoms with Crippen molar-refractivity contribution in [3.63, 3.8) is 0 Å². The Morgan fingerprint density at radius 1 is 0.886 bits per heavy atom. The molecule has 5 aliphatic carbocycles. The van der Waals surface area contributed by atoms with Gasteiger partial charge in [-0.1, -0.05) is 34.6 Å². The van der Waals surface area contributed by atoms with E-state index in [2.05, 4.69) is 6.92 Å². The Morgan fingerprint density at radius 3 is 2.14 bits per heavy atom. The van der Waals surface area contributed by atoms with E-state index in [9.17, 15) is 24.3 Å². The summed E-state index contributed by atoms with van der Waals surface area (Å²) in [5, 5.41) is 9.31. The van der Waals surface area contributed by atoms with Gasteiger partial charge < -0.3 is 9.84 Å². The minimum Gasteiger partial charge on any atom is -0.396 e. The maximum absolute atomic E-state index is 13.6. The lowest BCUT2D eigenvalue weighted by molar-refractivity contribution is -0.160. The Bertz CT molecular complexity index is 915. The summed E-state index contributed by atoms with van der Waals surface area (Å²) in [5.74, 6) is 1.14. The first-order valence-corrected chi connectivity index (χ1v) is 13.9. The fourth-order valence-electron chi connectivity index (χ4n) is 9.72. The van der Waals surface area contributed by atoms with E-state index < -0.39 is 23.2 Å². The summed E-state index contributed by atoms with van der Waals surface area (Å²) in [4.78, 5) is 51.7. The standard InChI is InChI=1S/C29H42O6/c1-13-18-11-16(12-19(18)21(31)8-9-30)22(13)25-17-7-6-15(10-20(17)26(32)29(3,4)5)24(25)23-14(2)27(33)35-28(23)34/h13-20,22-25,30H,6-12H2,1-5H3. The van der Waals surface area contributed by atoms with Crippen molar-refractivity contribution >= 4 is 23.5 Å². The van der Waals surface area contributed by atoms with Crippen molar-refractivity contribution in [1.29, 1.82) is 0 Å². The molecule has 4 bridgehead atoms. The zero-order valence-corrected chi connectivity index (χ0v) is 21.9. The molecular formula is C29H42O6. The predicted octanol–water partition coefficient (Wildman–Crippen LogP) is 4.08. The Hall–Kier alpha value is -1.56. The molecular weight excluding hydrogens is 444 g/mol. The summed E-state index contributed by atoms with van der Waals surface area (Å²) >= 11 is 0. The summed E-state index contributed by atoms with van der Waals surface area (Å²) in [6, 6.07) is 0. The number of cyclic esters (lactones) is 2. The minimum absolute atomic E-state index is 0.0107. The SMILES string of the molecule is CC1C(=O)OC(=O)C1C1C2CCC(C(C(=O)C(C)(C)C)C2)C1C1C2CC(C(=O)CCO)C(C2)C1C. The van der Waals surface area contributed by atoms with Crippen LogP contribution in [0.1, 0.15) is 73.1 Å². The molecule has 6 aliphatic rings. The smallest absolute Gasteiger partial charge is 0.317 e. The first-order chi connectivity index (χ1) is 16.5. The number of carbonyl (C=O) groups excluding carboxylic acids is 4. The van der Waals surface area contributed by atoms with Crippen LogP contribution in [0.25, 0.3) is 0 Å². The van der Waals surface area contributed by atoms with Crippen LogP contribution in [0.15, 0.2) is 0 Å². The molecule has 1 N–H and O–H groups in total. The fraction of sp³-hybridized carbons (Fsp3) is 0.862. The number of aliphatic hydroxyl groups is 1. The van der Waals surface area contributed by atoms with E-state index in [0.29, 0.717) is 29.5 Å². The molecule has 12 unspecified atom stereocenters. The van der Waals surface area contributed by atoms with Gasteiger partial charge in [-0.25, -0.2) is 0 Å². The fourth-order valence-corrected chi connectivity index (χ4v) is 9.72. The van der Waals surface area contributed by atoms with E-state index in [1.165, 1.54) is 0 Å².